The van der Waals surface area contributed by atoms with Crippen LogP contribution in [-0.4, -0.2) is 31.1 Å². The molecule has 2 heterocycles. The van der Waals surface area contributed by atoms with Crippen LogP contribution in [0.3, 0.4) is 0 Å². The van der Waals surface area contributed by atoms with Crippen LogP contribution in [-0.2, 0) is 0 Å². The summed E-state index contributed by atoms with van der Waals surface area (Å²) in [7, 11) is 0. The standard InChI is InChI=1S/C15H26N2S/c1-4-17(11-14-6-5-8-16-10-14)13(3)15-12(2)7-9-18-15/h7,9,13-14,16H,4-6,8,10-11H2,1-3H3. The first-order chi connectivity index (χ1) is 8.72. The monoisotopic (exact) mass is 266 g/mol. The molecule has 102 valence electrons. The minimum Gasteiger partial charge on any atom is -0.316 e. The molecule has 1 aromatic rings. The quantitative estimate of drug-likeness (QED) is 0.878. The van der Waals surface area contributed by atoms with Gasteiger partial charge in [-0.05, 0) is 69.3 Å². The maximum absolute atomic E-state index is 3.53. The van der Waals surface area contributed by atoms with E-state index >= 15 is 0 Å². The number of piperidine rings is 1. The maximum atomic E-state index is 3.53. The Labute approximate surface area is 115 Å². The van der Waals surface area contributed by atoms with Crippen molar-refractivity contribution in [2.24, 2.45) is 5.92 Å². The number of hydrogen-bond donors (Lipinski definition) is 1. The summed E-state index contributed by atoms with van der Waals surface area (Å²) in [5.74, 6) is 0.835. The first-order valence-electron chi connectivity index (χ1n) is 7.21. The molecule has 0 amide bonds. The Kier molecular flexibility index (Phi) is 5.22. The highest BCUT2D eigenvalue weighted by Gasteiger charge is 2.21. The van der Waals surface area contributed by atoms with Crippen molar-refractivity contribution in [3.63, 3.8) is 0 Å². The summed E-state index contributed by atoms with van der Waals surface area (Å²) in [6, 6.07) is 2.81. The lowest BCUT2D eigenvalue weighted by molar-refractivity contribution is 0.172. The Balaban J connectivity index is 1.97. The van der Waals surface area contributed by atoms with Gasteiger partial charge in [0.25, 0.3) is 0 Å². The van der Waals surface area contributed by atoms with E-state index < -0.39 is 0 Å². The topological polar surface area (TPSA) is 15.3 Å². The summed E-state index contributed by atoms with van der Waals surface area (Å²) in [6.07, 6.45) is 2.73. The fourth-order valence-corrected chi connectivity index (χ4v) is 3.97. The average molecular weight is 266 g/mol. The van der Waals surface area contributed by atoms with E-state index in [2.05, 4.69) is 42.4 Å². The summed E-state index contributed by atoms with van der Waals surface area (Å²) in [5, 5.41) is 5.74. The molecular formula is C15H26N2S. The molecule has 0 aliphatic carbocycles. The van der Waals surface area contributed by atoms with E-state index in [0.717, 1.165) is 12.5 Å². The van der Waals surface area contributed by atoms with Gasteiger partial charge in [0.15, 0.2) is 0 Å². The van der Waals surface area contributed by atoms with Gasteiger partial charge < -0.3 is 5.32 Å². The van der Waals surface area contributed by atoms with E-state index in [-0.39, 0.29) is 0 Å². The van der Waals surface area contributed by atoms with Crippen LogP contribution in [0.15, 0.2) is 11.4 Å². The molecule has 0 spiro atoms. The number of nitrogens with zero attached hydrogens (tertiary/aromatic N) is 1. The molecule has 3 heteroatoms. The predicted octanol–water partition coefficient (Wildman–Crippen LogP) is 3.44. The summed E-state index contributed by atoms with van der Waals surface area (Å²) in [6.45, 7) is 11.7. The normalized spacial score (nSPS) is 22.3. The van der Waals surface area contributed by atoms with Crippen LogP contribution >= 0.6 is 11.3 Å². The molecule has 0 aromatic carbocycles. The fourth-order valence-electron chi connectivity index (χ4n) is 2.95. The van der Waals surface area contributed by atoms with Crippen molar-refractivity contribution in [2.75, 3.05) is 26.2 Å². The van der Waals surface area contributed by atoms with Gasteiger partial charge in [0.05, 0.1) is 0 Å². The SMILES string of the molecule is CCN(CC1CCCNC1)C(C)c1sccc1C. The van der Waals surface area contributed by atoms with Gasteiger partial charge in [0.2, 0.25) is 0 Å². The van der Waals surface area contributed by atoms with Crippen molar-refractivity contribution < 1.29 is 0 Å². The van der Waals surface area contributed by atoms with E-state index in [0.29, 0.717) is 6.04 Å². The van der Waals surface area contributed by atoms with Gasteiger partial charge in [0.1, 0.15) is 0 Å². The minimum atomic E-state index is 0.567. The van der Waals surface area contributed by atoms with Crippen LogP contribution in [0.5, 0.6) is 0 Å². The number of aryl methyl sites for hydroxylation is 1. The van der Waals surface area contributed by atoms with Crippen LogP contribution in [0.25, 0.3) is 0 Å². The zero-order chi connectivity index (χ0) is 13.0. The summed E-state index contributed by atoms with van der Waals surface area (Å²) in [4.78, 5) is 4.18. The van der Waals surface area contributed by atoms with Crippen molar-refractivity contribution in [1.82, 2.24) is 10.2 Å². The molecule has 2 rings (SSSR count). The molecule has 1 saturated heterocycles. The highest BCUT2D eigenvalue weighted by molar-refractivity contribution is 7.10. The Hall–Kier alpha value is -0.380. The van der Waals surface area contributed by atoms with Crippen molar-refractivity contribution in [3.8, 4) is 0 Å². The van der Waals surface area contributed by atoms with Crippen molar-refractivity contribution in [1.29, 1.82) is 0 Å². The number of rotatable bonds is 5. The van der Waals surface area contributed by atoms with Crippen LogP contribution in [0.4, 0.5) is 0 Å². The van der Waals surface area contributed by atoms with Gasteiger partial charge in [0, 0.05) is 17.5 Å². The van der Waals surface area contributed by atoms with E-state index in [1.54, 1.807) is 4.88 Å². The van der Waals surface area contributed by atoms with Crippen LogP contribution in [0.1, 0.15) is 43.2 Å². The average Bonchev–Trinajstić information content (AvgIpc) is 2.82. The smallest absolute Gasteiger partial charge is 0.0415 e. The molecule has 2 unspecified atom stereocenters. The Morgan fingerprint density at radius 1 is 1.56 bits per heavy atom. The molecule has 0 saturated carbocycles. The molecule has 1 fully saturated rings. The second-order valence-electron chi connectivity index (χ2n) is 5.44. The van der Waals surface area contributed by atoms with Gasteiger partial charge in [-0.15, -0.1) is 11.3 Å². The first-order valence-corrected chi connectivity index (χ1v) is 8.09. The minimum absolute atomic E-state index is 0.567. The second kappa shape index (κ2) is 6.69. The van der Waals surface area contributed by atoms with Gasteiger partial charge >= 0.3 is 0 Å². The summed E-state index contributed by atoms with van der Waals surface area (Å²) < 4.78 is 0. The van der Waals surface area contributed by atoms with Gasteiger partial charge in [-0.3, -0.25) is 4.90 Å². The summed E-state index contributed by atoms with van der Waals surface area (Å²) in [5.41, 5.74) is 1.45. The molecule has 0 bridgehead atoms. The van der Waals surface area contributed by atoms with Crippen LogP contribution in [0, 0.1) is 12.8 Å². The lowest BCUT2D eigenvalue weighted by Crippen LogP contribution is -2.39. The van der Waals surface area contributed by atoms with Crippen LogP contribution < -0.4 is 5.32 Å². The van der Waals surface area contributed by atoms with E-state index in [1.165, 1.54) is 38.0 Å². The molecule has 2 nitrogen and oxygen atoms in total. The zero-order valence-corrected chi connectivity index (χ0v) is 12.7. The number of thiophene rings is 1. The molecule has 18 heavy (non-hydrogen) atoms. The second-order valence-corrected chi connectivity index (χ2v) is 6.39. The maximum Gasteiger partial charge on any atom is 0.0415 e. The summed E-state index contributed by atoms with van der Waals surface area (Å²) >= 11 is 1.91. The zero-order valence-electron chi connectivity index (χ0n) is 11.9. The molecule has 1 aromatic heterocycles. The van der Waals surface area contributed by atoms with Gasteiger partial charge in [-0.2, -0.15) is 0 Å². The highest BCUT2D eigenvalue weighted by atomic mass is 32.1. The van der Waals surface area contributed by atoms with E-state index in [9.17, 15) is 0 Å². The van der Waals surface area contributed by atoms with Crippen molar-refractivity contribution in [2.45, 2.75) is 39.7 Å². The third-order valence-electron chi connectivity index (χ3n) is 4.13. The Morgan fingerprint density at radius 3 is 2.94 bits per heavy atom. The third kappa shape index (κ3) is 3.34. The molecule has 0 radical (unpaired) electrons. The van der Waals surface area contributed by atoms with Gasteiger partial charge in [-0.25, -0.2) is 0 Å². The lowest BCUT2D eigenvalue weighted by atomic mass is 9.98. The fraction of sp³-hybridized carbons (Fsp3) is 0.733. The van der Waals surface area contributed by atoms with E-state index in [4.69, 9.17) is 0 Å². The molecule has 1 aliphatic heterocycles. The van der Waals surface area contributed by atoms with E-state index in [1.807, 2.05) is 11.3 Å². The van der Waals surface area contributed by atoms with Gasteiger partial charge in [-0.1, -0.05) is 6.92 Å². The Morgan fingerprint density at radius 2 is 2.39 bits per heavy atom. The largest absolute Gasteiger partial charge is 0.316 e. The highest BCUT2D eigenvalue weighted by Crippen LogP contribution is 2.29. The number of nitrogens with one attached hydrogen (secondary N) is 1. The Bertz CT molecular complexity index is 355. The van der Waals surface area contributed by atoms with Crippen molar-refractivity contribution in [3.05, 3.63) is 21.9 Å². The lowest BCUT2D eigenvalue weighted by Gasteiger charge is -2.33. The van der Waals surface area contributed by atoms with Crippen LogP contribution in [0.2, 0.25) is 0 Å². The first kappa shape index (κ1) is 14.0. The molecular weight excluding hydrogens is 240 g/mol. The predicted molar refractivity (Wildman–Crippen MR) is 80.3 cm³/mol. The third-order valence-corrected chi connectivity index (χ3v) is 5.32. The number of hydrogen-bond acceptors (Lipinski definition) is 3. The van der Waals surface area contributed by atoms with Crippen molar-refractivity contribution >= 4 is 11.3 Å². The molecule has 2 atom stereocenters. The molecule has 1 aliphatic rings. The molecule has 1 N–H and O–H groups in total.